The molecule has 2 nitrogen and oxygen atoms in total. The van der Waals surface area contributed by atoms with Gasteiger partial charge in [-0.05, 0) is 352 Å². The molecular weight excluding hydrogens is 1330 g/mol. The maximum Gasteiger partial charge on any atom is 0.573 e. The van der Waals surface area contributed by atoms with Crippen LogP contribution in [0, 0.1) is 71.0 Å². The molecule has 0 atom stereocenters. The van der Waals surface area contributed by atoms with Gasteiger partial charge in [-0.15, -0.1) is 32.9 Å². The number of hydrogen-bond donors (Lipinski definition) is 0. The van der Waals surface area contributed by atoms with E-state index in [1.807, 2.05) is 18.2 Å². The first kappa shape index (κ1) is 82.2. The predicted octanol–water partition coefficient (Wildman–Crippen LogP) is 30.0. The number of allylic oxidation sites excluding steroid dienone is 3. The summed E-state index contributed by atoms with van der Waals surface area (Å²) in [6, 6.07) is 24.8. The third-order valence-corrected chi connectivity index (χ3v) is 26.5. The molecule has 574 valence electrons. The zero-order chi connectivity index (χ0) is 73.6. The van der Waals surface area contributed by atoms with Crippen LogP contribution in [-0.2, 0) is 12.4 Å². The highest BCUT2D eigenvalue weighted by molar-refractivity contribution is 5.32. The van der Waals surface area contributed by atoms with Gasteiger partial charge in [-0.25, -0.2) is 0 Å². The molecule has 0 aromatic heterocycles. The smallest absolute Gasteiger partial charge is 0.406 e. The van der Waals surface area contributed by atoms with Gasteiger partial charge in [0.1, 0.15) is 11.5 Å². The van der Waals surface area contributed by atoms with E-state index in [1.54, 1.807) is 36.4 Å². The first-order valence-electron chi connectivity index (χ1n) is 40.6. The van der Waals surface area contributed by atoms with Crippen molar-refractivity contribution < 1.29 is 62.2 Å². The summed E-state index contributed by atoms with van der Waals surface area (Å²) in [5.74, 6) is 12.2. The summed E-state index contributed by atoms with van der Waals surface area (Å²) in [6.45, 7) is 10.5. The summed E-state index contributed by atoms with van der Waals surface area (Å²) in [5.41, 5.74) is 3.42. The Labute approximate surface area is 610 Å². The van der Waals surface area contributed by atoms with Crippen molar-refractivity contribution in [1.29, 1.82) is 0 Å². The van der Waals surface area contributed by atoms with Crippen LogP contribution in [0.2, 0.25) is 0 Å². The molecule has 0 spiro atoms. The van der Waals surface area contributed by atoms with Crippen LogP contribution >= 0.6 is 0 Å². The lowest BCUT2D eigenvalue weighted by Crippen LogP contribution is -2.25. The van der Waals surface area contributed by atoms with Crippen molar-refractivity contribution in [2.24, 2.45) is 71.0 Å². The van der Waals surface area contributed by atoms with E-state index in [1.165, 1.54) is 248 Å². The van der Waals surface area contributed by atoms with Crippen molar-refractivity contribution in [2.45, 2.75) is 314 Å². The normalized spacial score (nSPS) is 30.4. The van der Waals surface area contributed by atoms with E-state index in [2.05, 4.69) is 49.0 Å². The van der Waals surface area contributed by atoms with Crippen LogP contribution in [0.25, 0.3) is 0 Å². The number of hydrogen-bond acceptors (Lipinski definition) is 2. The minimum Gasteiger partial charge on any atom is -0.406 e. The van der Waals surface area contributed by atoms with Crippen molar-refractivity contribution in [3.63, 3.8) is 0 Å². The Morgan fingerprint density at radius 3 is 0.777 bits per heavy atom. The zero-order valence-electron chi connectivity index (χ0n) is 62.1. The molecule has 12 rings (SSSR count). The molecule has 8 saturated carbocycles. The van der Waals surface area contributed by atoms with E-state index in [4.69, 9.17) is 0 Å². The number of alkyl halides is 12. The number of halogens is 12. The Kier molecular flexibility index (Phi) is 31.8. The third-order valence-electron chi connectivity index (χ3n) is 26.5. The SMILES string of the molecule is C/C=C/C1CCC(C2CCC(c3ccc(C(F)(F)F)cc3)CC2)CC1.C=CCCC1CCC(C2CCC(c3ccc(OC(F)(F)F)cc3)CC2)CC1.CCCC1CCC(C2CCC(c3ccc(C(F)(F)F)cc3)CC2)CC1.CCCC1CCC(C2CCC(c3ccc(OC(F)(F)F)cc3)CC2)CC1. The first-order chi connectivity index (χ1) is 49.3. The van der Waals surface area contributed by atoms with Crippen LogP contribution in [0.3, 0.4) is 0 Å². The highest BCUT2D eigenvalue weighted by Gasteiger charge is 2.39. The quantitative estimate of drug-likeness (QED) is 0.0730. The lowest BCUT2D eigenvalue weighted by atomic mass is 9.68. The van der Waals surface area contributed by atoms with Gasteiger partial charge in [0, 0.05) is 0 Å². The number of benzene rings is 4. The molecule has 0 unspecified atom stereocenters. The maximum absolute atomic E-state index is 12.7. The number of rotatable bonds is 18. The second-order valence-electron chi connectivity index (χ2n) is 32.9. The summed E-state index contributed by atoms with van der Waals surface area (Å²) in [4.78, 5) is 0. The van der Waals surface area contributed by atoms with Gasteiger partial charge in [-0.1, -0.05) is 145 Å². The molecule has 8 aliphatic carbocycles. The Bertz CT molecular complexity index is 3010. The Morgan fingerprint density at radius 2 is 0.553 bits per heavy atom. The van der Waals surface area contributed by atoms with Gasteiger partial charge >= 0.3 is 25.1 Å². The molecule has 0 amide bonds. The van der Waals surface area contributed by atoms with Crippen molar-refractivity contribution in [3.05, 3.63) is 155 Å². The molecule has 0 heterocycles. The Hall–Kier alpha value is -4.88. The monoisotopic (exact) mass is 1450 g/mol. The van der Waals surface area contributed by atoms with E-state index in [0.717, 1.165) is 138 Å². The van der Waals surface area contributed by atoms with Crippen LogP contribution in [0.4, 0.5) is 52.7 Å². The maximum atomic E-state index is 12.7. The van der Waals surface area contributed by atoms with Gasteiger partial charge in [0.05, 0.1) is 11.1 Å². The van der Waals surface area contributed by atoms with Gasteiger partial charge in [0.2, 0.25) is 0 Å². The van der Waals surface area contributed by atoms with Gasteiger partial charge in [-0.3, -0.25) is 0 Å². The lowest BCUT2D eigenvalue weighted by molar-refractivity contribution is -0.275. The first-order valence-corrected chi connectivity index (χ1v) is 40.6. The lowest BCUT2D eigenvalue weighted by Gasteiger charge is -2.38. The second-order valence-corrected chi connectivity index (χ2v) is 32.9. The fourth-order valence-corrected chi connectivity index (χ4v) is 20.6. The van der Waals surface area contributed by atoms with E-state index >= 15 is 0 Å². The van der Waals surface area contributed by atoms with Crippen molar-refractivity contribution in [3.8, 4) is 11.5 Å². The molecule has 14 heteroatoms. The summed E-state index contributed by atoms with van der Waals surface area (Å²) < 4.78 is 158. The van der Waals surface area contributed by atoms with E-state index in [9.17, 15) is 52.7 Å². The van der Waals surface area contributed by atoms with E-state index in [0.29, 0.717) is 23.7 Å². The van der Waals surface area contributed by atoms with E-state index < -0.39 is 36.2 Å². The van der Waals surface area contributed by atoms with Crippen LogP contribution in [0.15, 0.2) is 122 Å². The minimum absolute atomic E-state index is 0.126. The van der Waals surface area contributed by atoms with E-state index in [-0.39, 0.29) is 11.5 Å². The Morgan fingerprint density at radius 1 is 0.320 bits per heavy atom. The van der Waals surface area contributed by atoms with Crippen LogP contribution in [0.5, 0.6) is 11.5 Å². The molecule has 0 saturated heterocycles. The highest BCUT2D eigenvalue weighted by Crippen LogP contribution is 2.50. The van der Waals surface area contributed by atoms with Crippen LogP contribution in [-0.4, -0.2) is 12.7 Å². The average molecular weight is 1450 g/mol. The van der Waals surface area contributed by atoms with Gasteiger partial charge in [-0.2, -0.15) is 26.3 Å². The standard InChI is InChI=1S/C23H31F3O.C22H31F3O.C22H31F3.C22H29F3/c1-2-3-4-17-5-7-18(8-6-17)19-9-11-20(12-10-19)21-13-15-22(16-14-21)27-23(24,25)26;1-2-3-16-4-6-17(7-5-16)18-8-10-19(11-9-18)20-12-14-21(15-13-20)26-22(23,24)25;2*1-2-3-16-4-6-17(7-5-16)18-8-10-19(11-9-18)20-12-14-21(15-13-20)22(23,24)25/h2,13-20H,1,3-12H2;12-19H,2-11H2,1H3;12-19H,2-11H2,1H3;2-3,12-19H,4-11H2,1H3/b;;;3-2+. The van der Waals surface area contributed by atoms with Crippen molar-refractivity contribution in [1.82, 2.24) is 0 Å². The fourth-order valence-electron chi connectivity index (χ4n) is 20.6. The zero-order valence-corrected chi connectivity index (χ0v) is 62.1. The van der Waals surface area contributed by atoms with Gasteiger partial charge in [0.25, 0.3) is 0 Å². The predicted molar refractivity (Wildman–Crippen MR) is 394 cm³/mol. The minimum atomic E-state index is -4.62. The summed E-state index contributed by atoms with van der Waals surface area (Å²) in [6.07, 6.45) is 38.1. The summed E-state index contributed by atoms with van der Waals surface area (Å²) in [5, 5.41) is 0. The summed E-state index contributed by atoms with van der Waals surface area (Å²) >= 11 is 0. The molecule has 0 aliphatic heterocycles. The molecule has 4 aromatic rings. The molecule has 8 fully saturated rings. The van der Waals surface area contributed by atoms with Crippen LogP contribution < -0.4 is 9.47 Å². The van der Waals surface area contributed by atoms with Crippen molar-refractivity contribution >= 4 is 0 Å². The Balaban J connectivity index is 0.000000160. The molecule has 8 aliphatic rings. The van der Waals surface area contributed by atoms with Crippen LogP contribution in [0.1, 0.15) is 322 Å². The van der Waals surface area contributed by atoms with Gasteiger partial charge in [0.15, 0.2) is 0 Å². The largest absolute Gasteiger partial charge is 0.573 e. The average Bonchev–Trinajstić information content (AvgIpc) is 0.837. The highest BCUT2D eigenvalue weighted by atomic mass is 19.4. The third kappa shape index (κ3) is 26.5. The molecular formula is C89H122F12O2. The van der Waals surface area contributed by atoms with Gasteiger partial charge < -0.3 is 9.47 Å². The summed E-state index contributed by atoms with van der Waals surface area (Å²) in [7, 11) is 0. The number of ether oxygens (including phenoxy) is 2. The molecule has 4 aromatic carbocycles. The molecule has 103 heavy (non-hydrogen) atoms. The topological polar surface area (TPSA) is 18.5 Å². The molecule has 0 N–H and O–H groups in total. The van der Waals surface area contributed by atoms with Crippen molar-refractivity contribution in [2.75, 3.05) is 0 Å². The fraction of sp³-hybridized carbons (Fsp3) is 0.685. The molecule has 0 radical (unpaired) electrons. The second kappa shape index (κ2) is 39.8. The molecule has 0 bridgehead atoms.